The average molecular weight is 573 g/mol. The number of rotatable bonds is 8. The summed E-state index contributed by atoms with van der Waals surface area (Å²) in [7, 11) is -3.77. The maximum absolute atomic E-state index is 13.0. The molecule has 1 amide bonds. The number of alkyl halides is 3. The van der Waals surface area contributed by atoms with Crippen LogP contribution in [0.3, 0.4) is 0 Å². The van der Waals surface area contributed by atoms with Crippen molar-refractivity contribution in [2.24, 2.45) is 5.92 Å². The number of nitrogens with zero attached hydrogens (tertiary/aromatic N) is 1. The maximum atomic E-state index is 13.0. The highest BCUT2D eigenvalue weighted by molar-refractivity contribution is 7.92. The van der Waals surface area contributed by atoms with Crippen LogP contribution in [0.2, 0.25) is 0 Å². The fourth-order valence-electron chi connectivity index (χ4n) is 3.60. The van der Waals surface area contributed by atoms with Crippen molar-refractivity contribution in [3.8, 4) is 0 Å². The van der Waals surface area contributed by atoms with E-state index in [1.54, 1.807) is 24.3 Å². The van der Waals surface area contributed by atoms with Gasteiger partial charge in [0.1, 0.15) is 0 Å². The van der Waals surface area contributed by atoms with Crippen LogP contribution in [-0.2, 0) is 14.8 Å². The van der Waals surface area contributed by atoms with E-state index in [1.807, 2.05) is 32.0 Å². The summed E-state index contributed by atoms with van der Waals surface area (Å²) in [6, 6.07) is 12.1. The van der Waals surface area contributed by atoms with Gasteiger partial charge in [-0.15, -0.1) is 0 Å². The quantitative estimate of drug-likeness (QED) is 0.376. The molecule has 1 heterocycles. The van der Waals surface area contributed by atoms with Gasteiger partial charge < -0.3 is 20.6 Å². The van der Waals surface area contributed by atoms with E-state index in [4.69, 9.17) is 9.90 Å². The van der Waals surface area contributed by atoms with Crippen LogP contribution in [0.25, 0.3) is 0 Å². The van der Waals surface area contributed by atoms with Crippen molar-refractivity contribution < 1.29 is 36.3 Å². The summed E-state index contributed by atoms with van der Waals surface area (Å²) in [6.07, 6.45) is -5.08. The number of carbonyl (C=O) groups is 2. The highest BCUT2D eigenvalue weighted by Crippen LogP contribution is 2.27. The van der Waals surface area contributed by atoms with Crippen LogP contribution in [0.4, 0.5) is 24.5 Å². The lowest BCUT2D eigenvalue weighted by Crippen LogP contribution is -2.44. The minimum absolute atomic E-state index is 0.193. The molecular weight excluding hydrogens is 537 g/mol. The molecule has 2 aromatic rings. The number of anilines is 2. The Labute approximate surface area is 226 Å². The summed E-state index contributed by atoms with van der Waals surface area (Å²) < 4.78 is 60.2. The van der Waals surface area contributed by atoms with Gasteiger partial charge in [0.2, 0.25) is 0 Å². The fourth-order valence-corrected chi connectivity index (χ4v) is 4.65. The number of halogens is 3. The van der Waals surface area contributed by atoms with Crippen molar-refractivity contribution in [1.82, 2.24) is 10.6 Å². The molecule has 13 heteroatoms. The van der Waals surface area contributed by atoms with Gasteiger partial charge in [-0.3, -0.25) is 9.52 Å². The fraction of sp³-hybridized carbons (Fsp3) is 0.462. The Balaban J connectivity index is 0.000000673. The lowest BCUT2D eigenvalue weighted by molar-refractivity contribution is -0.192. The number of amides is 1. The predicted octanol–water partition coefficient (Wildman–Crippen LogP) is 4.04. The van der Waals surface area contributed by atoms with E-state index in [2.05, 4.69) is 34.1 Å². The van der Waals surface area contributed by atoms with Gasteiger partial charge in [0.25, 0.3) is 15.9 Å². The second-order valence-corrected chi connectivity index (χ2v) is 11.4. The number of carboxylic acid groups (broad SMARTS) is 1. The number of aliphatic carboxylic acids is 1. The second kappa shape index (κ2) is 13.7. The van der Waals surface area contributed by atoms with Crippen molar-refractivity contribution >= 4 is 33.3 Å². The third-order valence-corrected chi connectivity index (χ3v) is 7.12. The Bertz CT molecular complexity index is 1230. The molecule has 0 radical (unpaired) electrons. The van der Waals surface area contributed by atoms with Crippen LogP contribution in [0, 0.1) is 5.92 Å². The summed E-state index contributed by atoms with van der Waals surface area (Å²) in [6.45, 7) is 12.0. The molecule has 0 atom stereocenters. The third-order valence-electron chi connectivity index (χ3n) is 5.72. The number of benzene rings is 2. The van der Waals surface area contributed by atoms with Crippen LogP contribution in [-0.4, -0.2) is 64.3 Å². The Morgan fingerprint density at radius 1 is 1.03 bits per heavy atom. The first-order chi connectivity index (χ1) is 18.1. The van der Waals surface area contributed by atoms with E-state index in [0.717, 1.165) is 37.4 Å². The van der Waals surface area contributed by atoms with Crippen LogP contribution >= 0.6 is 0 Å². The largest absolute Gasteiger partial charge is 0.490 e. The van der Waals surface area contributed by atoms with Gasteiger partial charge >= 0.3 is 12.1 Å². The molecule has 0 aliphatic carbocycles. The molecule has 0 bridgehead atoms. The van der Waals surface area contributed by atoms with Gasteiger partial charge in [0.05, 0.1) is 10.5 Å². The van der Waals surface area contributed by atoms with Crippen LogP contribution in [0.5, 0.6) is 0 Å². The SMILES string of the molecule is CC(C)CNC(=O)c1cc(NS(=O)(=O)c2ccc(C(C)C)cc2)ccc1N1CCNCC1.O=C(O)C(F)(F)F. The van der Waals surface area contributed by atoms with Crippen LogP contribution < -0.4 is 20.3 Å². The molecule has 1 aliphatic rings. The third kappa shape index (κ3) is 9.74. The van der Waals surface area contributed by atoms with Gasteiger partial charge in [0, 0.05) is 44.1 Å². The number of hydrogen-bond donors (Lipinski definition) is 4. The van der Waals surface area contributed by atoms with E-state index < -0.39 is 22.2 Å². The second-order valence-electron chi connectivity index (χ2n) is 9.70. The summed E-state index contributed by atoms with van der Waals surface area (Å²) in [5, 5.41) is 13.4. The molecular formula is C26H35F3N4O5S. The van der Waals surface area contributed by atoms with Crippen molar-refractivity contribution in [1.29, 1.82) is 0 Å². The van der Waals surface area contributed by atoms with E-state index in [-0.39, 0.29) is 10.8 Å². The summed E-state index contributed by atoms with van der Waals surface area (Å²) >= 11 is 0. The molecule has 1 aliphatic heterocycles. The average Bonchev–Trinajstić information content (AvgIpc) is 2.87. The first-order valence-electron chi connectivity index (χ1n) is 12.4. The first-order valence-corrected chi connectivity index (χ1v) is 13.9. The molecule has 39 heavy (non-hydrogen) atoms. The van der Waals surface area contributed by atoms with Crippen molar-refractivity contribution in [3.63, 3.8) is 0 Å². The number of sulfonamides is 1. The smallest absolute Gasteiger partial charge is 0.475 e. The molecule has 0 unspecified atom stereocenters. The normalized spacial score (nSPS) is 14.0. The van der Waals surface area contributed by atoms with E-state index in [0.29, 0.717) is 29.6 Å². The van der Waals surface area contributed by atoms with Crippen molar-refractivity contribution in [2.45, 2.75) is 44.7 Å². The molecule has 3 rings (SSSR count). The van der Waals surface area contributed by atoms with E-state index in [9.17, 15) is 26.4 Å². The zero-order chi connectivity index (χ0) is 29.4. The number of piperazine rings is 1. The van der Waals surface area contributed by atoms with Crippen LogP contribution in [0.1, 0.15) is 49.5 Å². The first kappa shape index (κ1) is 31.9. The highest BCUT2D eigenvalue weighted by Gasteiger charge is 2.38. The van der Waals surface area contributed by atoms with E-state index >= 15 is 0 Å². The lowest BCUT2D eigenvalue weighted by Gasteiger charge is -2.31. The molecule has 0 aromatic heterocycles. The number of nitrogens with one attached hydrogen (secondary N) is 3. The topological polar surface area (TPSA) is 128 Å². The minimum Gasteiger partial charge on any atom is -0.475 e. The number of carboxylic acids is 1. The Morgan fingerprint density at radius 2 is 1.59 bits per heavy atom. The Morgan fingerprint density at radius 3 is 2.08 bits per heavy atom. The number of carbonyl (C=O) groups excluding carboxylic acids is 1. The molecule has 216 valence electrons. The molecule has 2 aromatic carbocycles. The van der Waals surface area contributed by atoms with Gasteiger partial charge in [-0.25, -0.2) is 13.2 Å². The maximum Gasteiger partial charge on any atom is 0.490 e. The molecule has 0 spiro atoms. The highest BCUT2D eigenvalue weighted by atomic mass is 32.2. The van der Waals surface area contributed by atoms with E-state index in [1.165, 1.54) is 0 Å². The zero-order valence-corrected chi connectivity index (χ0v) is 23.1. The Kier molecular flexibility index (Phi) is 11.2. The van der Waals surface area contributed by atoms with Gasteiger partial charge in [-0.2, -0.15) is 13.2 Å². The van der Waals surface area contributed by atoms with Crippen molar-refractivity contribution in [2.75, 3.05) is 42.3 Å². The molecule has 1 fully saturated rings. The van der Waals surface area contributed by atoms with Crippen LogP contribution in [0.15, 0.2) is 47.4 Å². The van der Waals surface area contributed by atoms with Gasteiger partial charge in [-0.1, -0.05) is 39.8 Å². The monoisotopic (exact) mass is 572 g/mol. The molecule has 4 N–H and O–H groups in total. The Hall–Kier alpha value is -3.32. The summed E-state index contributed by atoms with van der Waals surface area (Å²) in [5.41, 5.74) is 2.74. The zero-order valence-electron chi connectivity index (χ0n) is 22.3. The standard InChI is InChI=1S/C24H34N4O3S.C2HF3O2/c1-17(2)16-26-24(29)22-15-20(7-10-23(22)28-13-11-25-12-14-28)27-32(30,31)21-8-5-19(6-9-21)18(3)4;3-2(4,5)1(6)7/h5-10,15,17-18,25,27H,11-14,16H2,1-4H3,(H,26,29);(H,6,7). The molecule has 9 nitrogen and oxygen atoms in total. The molecule has 0 saturated carbocycles. The minimum atomic E-state index is -5.08. The van der Waals surface area contributed by atoms with Gasteiger partial charge in [0.15, 0.2) is 0 Å². The number of hydrogen-bond acceptors (Lipinski definition) is 6. The molecule has 1 saturated heterocycles. The van der Waals surface area contributed by atoms with Crippen molar-refractivity contribution in [3.05, 3.63) is 53.6 Å². The predicted molar refractivity (Wildman–Crippen MR) is 144 cm³/mol. The summed E-state index contributed by atoms with van der Waals surface area (Å²) in [4.78, 5) is 24.2. The van der Waals surface area contributed by atoms with Gasteiger partial charge in [-0.05, 0) is 47.7 Å². The lowest BCUT2D eigenvalue weighted by atomic mass is 10.0. The summed E-state index contributed by atoms with van der Waals surface area (Å²) in [5.74, 6) is -2.32.